The van der Waals surface area contributed by atoms with Gasteiger partial charge in [-0.1, -0.05) is 78.4 Å². The lowest BCUT2D eigenvalue weighted by atomic mass is 9.98. The van der Waals surface area contributed by atoms with Crippen molar-refractivity contribution in [1.29, 1.82) is 0 Å². The molecule has 0 amide bonds. The third-order valence-electron chi connectivity index (χ3n) is 7.06. The zero-order valence-corrected chi connectivity index (χ0v) is 23.7. The first-order valence-corrected chi connectivity index (χ1v) is 14.6. The normalized spacial score (nSPS) is 12.3. The highest BCUT2D eigenvalue weighted by molar-refractivity contribution is 7.89. The molecule has 0 aliphatic heterocycles. The molecule has 1 aromatic heterocycles. The van der Waals surface area contributed by atoms with Crippen molar-refractivity contribution in [1.82, 2.24) is 4.72 Å². The second kappa shape index (κ2) is 11.5. The molecule has 8 heteroatoms. The Hall–Kier alpha value is -4.53. The number of fused-ring (bicyclic) bond motifs is 1. The van der Waals surface area contributed by atoms with E-state index in [0.717, 1.165) is 22.1 Å². The van der Waals surface area contributed by atoms with Crippen LogP contribution in [0.5, 0.6) is 5.75 Å². The van der Waals surface area contributed by atoms with Crippen LogP contribution in [0, 0.1) is 20.8 Å². The van der Waals surface area contributed by atoms with Gasteiger partial charge in [-0.05, 0) is 61.7 Å². The molecule has 1 atom stereocenters. The third-order valence-corrected chi connectivity index (χ3v) is 8.50. The summed E-state index contributed by atoms with van der Waals surface area (Å²) in [5, 5.41) is 0.729. The number of esters is 1. The van der Waals surface area contributed by atoms with Crippen molar-refractivity contribution in [2.24, 2.45) is 0 Å². The number of sulfonamides is 1. The Morgan fingerprint density at radius 2 is 1.46 bits per heavy atom. The Labute approximate surface area is 238 Å². The standard InChI is InChI=1S/C33H29NO6S/c1-21-14-16-26(17-15-21)41(37,38)34-30(25-12-8-5-9-13-25)33(36)39-29-19-18-27-22(2)28(20-24-10-6-4-7-11-24)32(35)40-31(27)23(29)3/h4-19,30,34H,20H2,1-3H3/t30-/m0/s1. The van der Waals surface area contributed by atoms with Crippen LogP contribution in [-0.2, 0) is 21.2 Å². The average Bonchev–Trinajstić information content (AvgIpc) is 2.97. The van der Waals surface area contributed by atoms with Gasteiger partial charge in [-0.25, -0.2) is 18.0 Å². The number of benzene rings is 4. The Morgan fingerprint density at radius 3 is 2.12 bits per heavy atom. The molecular weight excluding hydrogens is 538 g/mol. The maximum Gasteiger partial charge on any atom is 0.340 e. The molecule has 4 aromatic carbocycles. The number of carbonyl (C=O) groups is 1. The summed E-state index contributed by atoms with van der Waals surface area (Å²) >= 11 is 0. The Kier molecular flexibility index (Phi) is 7.88. The van der Waals surface area contributed by atoms with Crippen LogP contribution in [-0.4, -0.2) is 14.4 Å². The SMILES string of the molecule is Cc1ccc(S(=O)(=O)N[C@H](C(=O)Oc2ccc3c(C)c(Cc4ccccc4)c(=O)oc3c2C)c2ccccc2)cc1. The molecule has 1 heterocycles. The van der Waals surface area contributed by atoms with Crippen molar-refractivity contribution >= 4 is 27.0 Å². The number of ether oxygens (including phenoxy) is 1. The highest BCUT2D eigenvalue weighted by Crippen LogP contribution is 2.31. The minimum Gasteiger partial charge on any atom is -0.425 e. The fourth-order valence-electron chi connectivity index (χ4n) is 4.69. The van der Waals surface area contributed by atoms with Gasteiger partial charge in [0.1, 0.15) is 17.4 Å². The van der Waals surface area contributed by atoms with E-state index in [2.05, 4.69) is 4.72 Å². The van der Waals surface area contributed by atoms with E-state index in [9.17, 15) is 18.0 Å². The fraction of sp³-hybridized carbons (Fsp3) is 0.152. The molecule has 0 fully saturated rings. The monoisotopic (exact) mass is 567 g/mol. The van der Waals surface area contributed by atoms with Gasteiger partial charge >= 0.3 is 11.6 Å². The summed E-state index contributed by atoms with van der Waals surface area (Å²) < 4.78 is 40.4. The van der Waals surface area contributed by atoms with Crippen LogP contribution in [0.2, 0.25) is 0 Å². The van der Waals surface area contributed by atoms with E-state index >= 15 is 0 Å². The number of carbonyl (C=O) groups excluding carboxylic acids is 1. The molecule has 0 unspecified atom stereocenters. The van der Waals surface area contributed by atoms with Crippen LogP contribution in [0.4, 0.5) is 0 Å². The molecule has 0 aliphatic carbocycles. The van der Waals surface area contributed by atoms with Gasteiger partial charge in [0.05, 0.1) is 4.90 Å². The highest BCUT2D eigenvalue weighted by atomic mass is 32.2. The summed E-state index contributed by atoms with van der Waals surface area (Å²) in [5.74, 6) is -0.662. The van der Waals surface area contributed by atoms with Crippen molar-refractivity contribution < 1.29 is 22.4 Å². The van der Waals surface area contributed by atoms with Gasteiger partial charge in [0.25, 0.3) is 0 Å². The molecular formula is C33H29NO6S. The first-order chi connectivity index (χ1) is 19.6. The fourth-order valence-corrected chi connectivity index (χ4v) is 5.86. The zero-order valence-electron chi connectivity index (χ0n) is 22.9. The minimum absolute atomic E-state index is 0.0299. The molecule has 0 saturated carbocycles. The van der Waals surface area contributed by atoms with E-state index < -0.39 is 27.7 Å². The summed E-state index contributed by atoms with van der Waals surface area (Å²) in [6, 6.07) is 26.5. The van der Waals surface area contributed by atoms with Crippen molar-refractivity contribution in [3.8, 4) is 5.75 Å². The van der Waals surface area contributed by atoms with Crippen LogP contribution < -0.4 is 15.1 Å². The topological polar surface area (TPSA) is 103 Å². The average molecular weight is 568 g/mol. The third kappa shape index (κ3) is 5.99. The summed E-state index contributed by atoms with van der Waals surface area (Å²) in [6.45, 7) is 5.42. The van der Waals surface area contributed by atoms with E-state index in [1.165, 1.54) is 12.1 Å². The molecule has 7 nitrogen and oxygen atoms in total. The lowest BCUT2D eigenvalue weighted by molar-refractivity contribution is -0.136. The molecule has 5 aromatic rings. The molecule has 0 bridgehead atoms. The van der Waals surface area contributed by atoms with E-state index in [1.54, 1.807) is 61.5 Å². The lowest BCUT2D eigenvalue weighted by Gasteiger charge is -2.19. The molecule has 1 N–H and O–H groups in total. The van der Waals surface area contributed by atoms with Gasteiger partial charge in [0.2, 0.25) is 10.0 Å². The summed E-state index contributed by atoms with van der Waals surface area (Å²) in [7, 11) is -4.06. The number of rotatable bonds is 8. The van der Waals surface area contributed by atoms with Crippen molar-refractivity contribution in [2.75, 3.05) is 0 Å². The van der Waals surface area contributed by atoms with Gasteiger partial charge in [-0.15, -0.1) is 0 Å². The maximum absolute atomic E-state index is 13.5. The van der Waals surface area contributed by atoms with Crippen LogP contribution in [0.3, 0.4) is 0 Å². The van der Waals surface area contributed by atoms with Gasteiger partial charge < -0.3 is 9.15 Å². The summed E-state index contributed by atoms with van der Waals surface area (Å²) in [4.78, 5) is 26.5. The van der Waals surface area contributed by atoms with Gasteiger partial charge in [0.15, 0.2) is 0 Å². The molecule has 0 aliphatic rings. The van der Waals surface area contributed by atoms with Crippen molar-refractivity contribution in [3.63, 3.8) is 0 Å². The smallest absolute Gasteiger partial charge is 0.340 e. The minimum atomic E-state index is -4.06. The Balaban J connectivity index is 1.48. The van der Waals surface area contributed by atoms with Crippen molar-refractivity contribution in [2.45, 2.75) is 38.1 Å². The summed E-state index contributed by atoms with van der Waals surface area (Å²) in [6.07, 6.45) is 0.431. The Morgan fingerprint density at radius 1 is 0.829 bits per heavy atom. The van der Waals surface area contributed by atoms with E-state index in [-0.39, 0.29) is 10.6 Å². The predicted molar refractivity (Wildman–Crippen MR) is 158 cm³/mol. The van der Waals surface area contributed by atoms with Crippen LogP contribution in [0.15, 0.2) is 111 Å². The van der Waals surface area contributed by atoms with E-state index in [1.807, 2.05) is 44.2 Å². The molecule has 0 radical (unpaired) electrons. The van der Waals surface area contributed by atoms with E-state index in [4.69, 9.17) is 9.15 Å². The number of nitrogens with one attached hydrogen (secondary N) is 1. The van der Waals surface area contributed by atoms with Gasteiger partial charge in [0, 0.05) is 22.9 Å². The maximum atomic E-state index is 13.5. The van der Waals surface area contributed by atoms with Crippen LogP contribution >= 0.6 is 0 Å². The number of hydrogen-bond donors (Lipinski definition) is 1. The van der Waals surface area contributed by atoms with Crippen molar-refractivity contribution in [3.05, 3.63) is 141 Å². The highest BCUT2D eigenvalue weighted by Gasteiger charge is 2.30. The molecule has 208 valence electrons. The predicted octanol–water partition coefficient (Wildman–Crippen LogP) is 5.93. The van der Waals surface area contributed by atoms with E-state index in [0.29, 0.717) is 28.7 Å². The number of hydrogen-bond acceptors (Lipinski definition) is 6. The van der Waals surface area contributed by atoms with Gasteiger partial charge in [-0.2, -0.15) is 4.72 Å². The second-order valence-electron chi connectivity index (χ2n) is 9.92. The first kappa shape index (κ1) is 28.0. The molecule has 0 saturated heterocycles. The van der Waals surface area contributed by atoms with Crippen LogP contribution in [0.25, 0.3) is 11.0 Å². The van der Waals surface area contributed by atoms with Crippen LogP contribution in [0.1, 0.15) is 39.4 Å². The summed E-state index contributed by atoms with van der Waals surface area (Å²) in [5.41, 5.74) is 3.96. The molecule has 5 rings (SSSR count). The largest absolute Gasteiger partial charge is 0.425 e. The number of aryl methyl sites for hydroxylation is 3. The first-order valence-electron chi connectivity index (χ1n) is 13.1. The van der Waals surface area contributed by atoms with Gasteiger partial charge in [-0.3, -0.25) is 0 Å². The quantitative estimate of drug-likeness (QED) is 0.142. The molecule has 41 heavy (non-hydrogen) atoms. The second-order valence-corrected chi connectivity index (χ2v) is 11.6. The Bertz CT molecular complexity index is 1880. The lowest BCUT2D eigenvalue weighted by Crippen LogP contribution is -2.36. The zero-order chi connectivity index (χ0) is 29.1. The molecule has 0 spiro atoms.